The van der Waals surface area contributed by atoms with E-state index in [4.69, 9.17) is 16.9 Å². The highest BCUT2D eigenvalue weighted by atomic mass is 35.5. The summed E-state index contributed by atoms with van der Waals surface area (Å²) in [6, 6.07) is 7.50. The van der Waals surface area contributed by atoms with Gasteiger partial charge in [0.2, 0.25) is 0 Å². The van der Waals surface area contributed by atoms with Crippen LogP contribution in [0, 0.1) is 11.3 Å². The zero-order valence-electron chi connectivity index (χ0n) is 9.28. The largest absolute Gasteiger partial charge is 0.383 e. The second-order valence-electron chi connectivity index (χ2n) is 3.75. The van der Waals surface area contributed by atoms with E-state index in [0.717, 1.165) is 12.2 Å². The predicted octanol–water partition coefficient (Wildman–Crippen LogP) is 3.47. The molecule has 1 atom stereocenters. The Hall–Kier alpha value is -0.500. The molecule has 1 aliphatic rings. The lowest BCUT2D eigenvalue weighted by Crippen LogP contribution is -2.23. The summed E-state index contributed by atoms with van der Waals surface area (Å²) in [5.74, 6) is 3.65. The fourth-order valence-corrected chi connectivity index (χ4v) is 4.42. The van der Waals surface area contributed by atoms with Crippen LogP contribution < -0.4 is 5.32 Å². The average Bonchev–Trinajstić information content (AvgIpc) is 2.38. The van der Waals surface area contributed by atoms with E-state index in [-0.39, 0.29) is 0 Å². The van der Waals surface area contributed by atoms with Gasteiger partial charge in [-0.05, 0) is 18.2 Å². The van der Waals surface area contributed by atoms with Gasteiger partial charge in [0.25, 0.3) is 0 Å². The zero-order valence-corrected chi connectivity index (χ0v) is 11.7. The summed E-state index contributed by atoms with van der Waals surface area (Å²) in [7, 11) is 0. The predicted molar refractivity (Wildman–Crippen MR) is 78.2 cm³/mol. The van der Waals surface area contributed by atoms with Gasteiger partial charge in [0.15, 0.2) is 0 Å². The van der Waals surface area contributed by atoms with Crippen molar-refractivity contribution in [1.82, 2.24) is 0 Å². The molecule has 0 amide bonds. The topological polar surface area (TPSA) is 35.8 Å². The molecule has 1 saturated heterocycles. The third-order valence-electron chi connectivity index (χ3n) is 2.51. The zero-order chi connectivity index (χ0) is 12.1. The fourth-order valence-electron chi connectivity index (χ4n) is 1.64. The molecular formula is C12H13ClN2S2. The van der Waals surface area contributed by atoms with Crippen LogP contribution >= 0.6 is 35.1 Å². The lowest BCUT2D eigenvalue weighted by molar-refractivity contribution is 1.00. The van der Waals surface area contributed by atoms with Crippen LogP contribution in [0.5, 0.6) is 0 Å². The van der Waals surface area contributed by atoms with Crippen molar-refractivity contribution in [2.45, 2.75) is 5.25 Å². The van der Waals surface area contributed by atoms with E-state index in [9.17, 15) is 0 Å². The Kier molecular flexibility index (Phi) is 4.90. The molecule has 0 radical (unpaired) electrons. The van der Waals surface area contributed by atoms with E-state index >= 15 is 0 Å². The van der Waals surface area contributed by atoms with Crippen molar-refractivity contribution in [3.8, 4) is 6.07 Å². The number of nitriles is 1. The molecule has 0 spiro atoms. The van der Waals surface area contributed by atoms with E-state index in [2.05, 4.69) is 11.4 Å². The molecule has 90 valence electrons. The van der Waals surface area contributed by atoms with Crippen molar-refractivity contribution in [3.05, 3.63) is 28.8 Å². The van der Waals surface area contributed by atoms with Gasteiger partial charge in [-0.1, -0.05) is 11.6 Å². The summed E-state index contributed by atoms with van der Waals surface area (Å²) in [4.78, 5) is 0. The van der Waals surface area contributed by atoms with E-state index in [1.807, 2.05) is 29.6 Å². The van der Waals surface area contributed by atoms with Crippen LogP contribution in [0.4, 0.5) is 5.69 Å². The second-order valence-corrected chi connectivity index (χ2v) is 6.74. The third kappa shape index (κ3) is 3.74. The molecule has 5 heteroatoms. The molecule has 2 rings (SSSR count). The second kappa shape index (κ2) is 6.44. The summed E-state index contributed by atoms with van der Waals surface area (Å²) in [6.45, 7) is 0.896. The van der Waals surface area contributed by atoms with Crippen molar-refractivity contribution in [3.63, 3.8) is 0 Å². The Bertz CT molecular complexity index is 425. The molecule has 1 aromatic carbocycles. The smallest absolute Gasteiger partial charge is 0.101 e. The maximum atomic E-state index is 9.00. The maximum Gasteiger partial charge on any atom is 0.101 e. The fraction of sp³-hybridized carbons (Fsp3) is 0.417. The number of rotatable bonds is 3. The molecular weight excluding hydrogens is 272 g/mol. The maximum absolute atomic E-state index is 9.00. The average molecular weight is 285 g/mol. The molecule has 1 fully saturated rings. The Morgan fingerprint density at radius 1 is 1.47 bits per heavy atom. The van der Waals surface area contributed by atoms with Crippen LogP contribution in [-0.4, -0.2) is 29.1 Å². The number of halogens is 1. The van der Waals surface area contributed by atoms with Gasteiger partial charge in [-0.25, -0.2) is 0 Å². The number of nitrogens with one attached hydrogen (secondary N) is 1. The van der Waals surface area contributed by atoms with Gasteiger partial charge in [0.05, 0.1) is 11.3 Å². The number of nitrogens with zero attached hydrogens (tertiary/aromatic N) is 1. The Morgan fingerprint density at radius 3 is 3.06 bits per heavy atom. The minimum Gasteiger partial charge on any atom is -0.383 e. The van der Waals surface area contributed by atoms with E-state index in [1.54, 1.807) is 12.1 Å². The van der Waals surface area contributed by atoms with E-state index in [0.29, 0.717) is 15.8 Å². The monoisotopic (exact) mass is 284 g/mol. The molecule has 0 aliphatic carbocycles. The number of hydrogen-bond donors (Lipinski definition) is 1. The summed E-state index contributed by atoms with van der Waals surface area (Å²) in [5, 5.41) is 13.6. The van der Waals surface area contributed by atoms with Crippen LogP contribution in [0.25, 0.3) is 0 Å². The highest BCUT2D eigenvalue weighted by Gasteiger charge is 2.14. The van der Waals surface area contributed by atoms with Gasteiger partial charge in [-0.3, -0.25) is 0 Å². The molecule has 17 heavy (non-hydrogen) atoms. The normalized spacial score (nSPS) is 19.6. The highest BCUT2D eigenvalue weighted by molar-refractivity contribution is 8.06. The highest BCUT2D eigenvalue weighted by Crippen LogP contribution is 2.25. The van der Waals surface area contributed by atoms with Crippen molar-refractivity contribution in [2.75, 3.05) is 29.1 Å². The summed E-state index contributed by atoms with van der Waals surface area (Å²) in [6.07, 6.45) is 0. The van der Waals surface area contributed by atoms with Gasteiger partial charge in [-0.2, -0.15) is 28.8 Å². The van der Waals surface area contributed by atoms with Crippen molar-refractivity contribution in [2.24, 2.45) is 0 Å². The van der Waals surface area contributed by atoms with E-state index < -0.39 is 0 Å². The molecule has 2 nitrogen and oxygen atoms in total. The molecule has 1 unspecified atom stereocenters. The summed E-state index contributed by atoms with van der Waals surface area (Å²) in [5.41, 5.74) is 1.50. The first-order valence-electron chi connectivity index (χ1n) is 5.42. The number of thioether (sulfide) groups is 2. The quantitative estimate of drug-likeness (QED) is 0.922. The first-order chi connectivity index (χ1) is 8.29. The van der Waals surface area contributed by atoms with Crippen LogP contribution in [0.15, 0.2) is 18.2 Å². The molecule has 1 N–H and O–H groups in total. The van der Waals surface area contributed by atoms with Crippen LogP contribution in [0.3, 0.4) is 0 Å². The molecule has 1 aliphatic heterocycles. The van der Waals surface area contributed by atoms with Gasteiger partial charge < -0.3 is 5.32 Å². The number of benzene rings is 1. The molecule has 1 aromatic rings. The molecule has 0 saturated carbocycles. The summed E-state index contributed by atoms with van der Waals surface area (Å²) >= 11 is 9.94. The van der Waals surface area contributed by atoms with Crippen LogP contribution in [0.2, 0.25) is 5.02 Å². The molecule has 1 heterocycles. The first kappa shape index (κ1) is 12.9. The Balaban J connectivity index is 1.98. The van der Waals surface area contributed by atoms with Crippen molar-refractivity contribution in [1.29, 1.82) is 5.26 Å². The van der Waals surface area contributed by atoms with E-state index in [1.165, 1.54) is 17.3 Å². The van der Waals surface area contributed by atoms with Crippen LogP contribution in [-0.2, 0) is 0 Å². The van der Waals surface area contributed by atoms with Gasteiger partial charge in [0.1, 0.15) is 6.07 Å². The Morgan fingerprint density at radius 2 is 2.35 bits per heavy atom. The third-order valence-corrected chi connectivity index (χ3v) is 5.59. The summed E-state index contributed by atoms with van der Waals surface area (Å²) < 4.78 is 0. The van der Waals surface area contributed by atoms with Gasteiger partial charge in [0, 0.05) is 34.1 Å². The standard InChI is InChI=1S/C12H13ClN2S2/c13-10-2-1-9(6-14)12(5-10)15-7-11-8-16-3-4-17-11/h1-2,5,11,15H,3-4,7-8H2. The SMILES string of the molecule is N#Cc1ccc(Cl)cc1NCC1CSCCS1. The van der Waals surface area contributed by atoms with Gasteiger partial charge >= 0.3 is 0 Å². The Labute approximate surface area is 115 Å². The minimum absolute atomic E-state index is 0.624. The lowest BCUT2D eigenvalue weighted by Gasteiger charge is -2.22. The molecule has 0 aromatic heterocycles. The minimum atomic E-state index is 0.624. The number of hydrogen-bond acceptors (Lipinski definition) is 4. The first-order valence-corrected chi connectivity index (χ1v) is 8.00. The molecule has 0 bridgehead atoms. The number of anilines is 1. The van der Waals surface area contributed by atoms with Crippen molar-refractivity contribution >= 4 is 40.8 Å². The van der Waals surface area contributed by atoms with Crippen LogP contribution in [0.1, 0.15) is 5.56 Å². The lowest BCUT2D eigenvalue weighted by atomic mass is 10.2. The van der Waals surface area contributed by atoms with Gasteiger partial charge in [-0.15, -0.1) is 0 Å². The van der Waals surface area contributed by atoms with Crippen molar-refractivity contribution < 1.29 is 0 Å².